The predicted molar refractivity (Wildman–Crippen MR) is 251 cm³/mol. The average Bonchev–Trinajstić information content (AvgIpc) is 3.92. The van der Waals surface area contributed by atoms with Gasteiger partial charge in [0.1, 0.15) is 11.2 Å². The number of nitrogens with zero attached hydrogens (tertiary/aromatic N) is 2. The van der Waals surface area contributed by atoms with E-state index in [2.05, 4.69) is 230 Å². The minimum absolute atomic E-state index is 0.138. The lowest BCUT2D eigenvalue weighted by atomic mass is 9.82. The van der Waals surface area contributed by atoms with Crippen molar-refractivity contribution in [2.45, 2.75) is 19.3 Å². The Morgan fingerprint density at radius 1 is 0.433 bits per heavy atom. The molecule has 0 bridgehead atoms. The van der Waals surface area contributed by atoms with Gasteiger partial charge in [-0.25, -0.2) is 0 Å². The smallest absolute Gasteiger partial charge is 0.137 e. The predicted octanol–water partition coefficient (Wildman–Crippen LogP) is 15.8. The molecule has 0 spiro atoms. The van der Waals surface area contributed by atoms with Crippen LogP contribution in [0.25, 0.3) is 82.8 Å². The maximum absolute atomic E-state index is 6.59. The number of para-hydroxylation sites is 2. The van der Waals surface area contributed by atoms with E-state index in [-0.39, 0.29) is 5.41 Å². The topological polar surface area (TPSA) is 21.3 Å². The van der Waals surface area contributed by atoms with E-state index in [1.807, 2.05) is 0 Å². The molecule has 2 aromatic heterocycles. The summed E-state index contributed by atoms with van der Waals surface area (Å²) in [6, 6.07) is 74.9. The van der Waals surface area contributed by atoms with Crippen molar-refractivity contribution in [3.05, 3.63) is 217 Å². The largest absolute Gasteiger partial charge is 0.456 e. The van der Waals surface area contributed by atoms with Crippen molar-refractivity contribution < 1.29 is 4.42 Å². The van der Waals surface area contributed by atoms with Crippen LogP contribution in [0.3, 0.4) is 0 Å². The van der Waals surface area contributed by atoms with Gasteiger partial charge < -0.3 is 13.9 Å². The monoisotopic (exact) mass is 768 g/mol. The fraction of sp³-hybridized carbons (Fsp3) is 0.0526. The molecule has 0 aliphatic heterocycles. The molecule has 3 heteroatoms. The van der Waals surface area contributed by atoms with Crippen LogP contribution in [0.2, 0.25) is 0 Å². The van der Waals surface area contributed by atoms with E-state index in [0.29, 0.717) is 0 Å². The zero-order valence-electron chi connectivity index (χ0n) is 33.4. The maximum Gasteiger partial charge on any atom is 0.137 e. The van der Waals surface area contributed by atoms with E-state index < -0.39 is 0 Å². The van der Waals surface area contributed by atoms with Crippen LogP contribution in [-0.4, -0.2) is 4.57 Å². The number of aromatic nitrogens is 1. The lowest BCUT2D eigenvalue weighted by molar-refractivity contribution is 0.660. The van der Waals surface area contributed by atoms with Crippen LogP contribution in [0.1, 0.15) is 25.0 Å². The second-order valence-corrected chi connectivity index (χ2v) is 16.5. The van der Waals surface area contributed by atoms with Gasteiger partial charge in [-0.2, -0.15) is 0 Å². The molecule has 0 fully saturated rings. The molecule has 9 aromatic carbocycles. The van der Waals surface area contributed by atoms with Crippen LogP contribution in [0.4, 0.5) is 17.1 Å². The van der Waals surface area contributed by atoms with Crippen molar-refractivity contribution >= 4 is 60.8 Å². The van der Waals surface area contributed by atoms with Crippen molar-refractivity contribution in [2.24, 2.45) is 0 Å². The van der Waals surface area contributed by atoms with Crippen LogP contribution in [0.5, 0.6) is 0 Å². The lowest BCUT2D eigenvalue weighted by Crippen LogP contribution is -2.16. The van der Waals surface area contributed by atoms with E-state index in [1.54, 1.807) is 0 Å². The molecule has 3 nitrogen and oxygen atoms in total. The summed E-state index contributed by atoms with van der Waals surface area (Å²) in [6.45, 7) is 4.71. The van der Waals surface area contributed by atoms with Crippen molar-refractivity contribution in [3.8, 4) is 39.1 Å². The molecule has 1 aliphatic carbocycles. The number of anilines is 3. The summed E-state index contributed by atoms with van der Waals surface area (Å²) in [5, 5.41) is 4.61. The Labute approximate surface area is 349 Å². The molecule has 60 heavy (non-hydrogen) atoms. The van der Waals surface area contributed by atoms with Gasteiger partial charge in [0.15, 0.2) is 0 Å². The molecule has 0 unspecified atom stereocenters. The van der Waals surface area contributed by atoms with E-state index in [1.165, 1.54) is 44.2 Å². The highest BCUT2D eigenvalue weighted by Gasteiger charge is 2.38. The molecule has 0 saturated heterocycles. The van der Waals surface area contributed by atoms with Gasteiger partial charge in [-0.05, 0) is 88.0 Å². The summed E-state index contributed by atoms with van der Waals surface area (Å²) in [5.41, 5.74) is 18.3. The van der Waals surface area contributed by atoms with Crippen molar-refractivity contribution in [2.75, 3.05) is 4.90 Å². The van der Waals surface area contributed by atoms with Gasteiger partial charge in [0.2, 0.25) is 0 Å². The van der Waals surface area contributed by atoms with E-state index >= 15 is 0 Å². The molecule has 12 rings (SSSR count). The maximum atomic E-state index is 6.59. The molecule has 0 amide bonds. The molecule has 0 radical (unpaired) electrons. The van der Waals surface area contributed by atoms with Crippen LogP contribution in [0.15, 0.2) is 211 Å². The number of rotatable bonds is 6. The van der Waals surface area contributed by atoms with Gasteiger partial charge in [-0.1, -0.05) is 166 Å². The SMILES string of the molecule is CC1(C)c2ccccc2-c2c(N(c3ccc(-c4ccccc4)cc3)c3ccc4c5ccccc5n(-c5c(-c6ccccc6)ccc6oc7ccccc7c56)c4c3)cccc21. The first-order valence-corrected chi connectivity index (χ1v) is 20.8. The number of benzene rings is 9. The summed E-state index contributed by atoms with van der Waals surface area (Å²) >= 11 is 0. The van der Waals surface area contributed by atoms with Crippen LogP contribution in [-0.2, 0) is 5.41 Å². The van der Waals surface area contributed by atoms with Gasteiger partial charge in [-0.3, -0.25) is 0 Å². The standard InChI is InChI=1S/C57H40N2O/c1-57(2)47-23-12-9-21-45(47)54-48(57)24-15-26-50(54)58(40-30-28-38(29-31-40)37-16-5-3-6-17-37)41-32-33-44-43-20-10-13-25-49(43)59(51(44)36-41)56-42(39-18-7-4-8-19-39)34-35-53-55(56)46-22-11-14-27-52(46)60-53/h3-36H,1-2H3. The molecule has 1 aliphatic rings. The van der Waals surface area contributed by atoms with E-state index in [0.717, 1.165) is 66.8 Å². The first-order chi connectivity index (χ1) is 29.5. The highest BCUT2D eigenvalue weighted by Crippen LogP contribution is 2.54. The highest BCUT2D eigenvalue weighted by atomic mass is 16.3. The number of hydrogen-bond donors (Lipinski definition) is 0. The Kier molecular flexibility index (Phi) is 7.58. The van der Waals surface area contributed by atoms with Crippen molar-refractivity contribution in [1.82, 2.24) is 4.57 Å². The van der Waals surface area contributed by atoms with Crippen LogP contribution < -0.4 is 4.90 Å². The van der Waals surface area contributed by atoms with Gasteiger partial charge >= 0.3 is 0 Å². The Balaban J connectivity index is 1.17. The fourth-order valence-electron chi connectivity index (χ4n) is 10.0. The lowest BCUT2D eigenvalue weighted by Gasteiger charge is -2.29. The Hall–Kier alpha value is -7.62. The molecule has 0 saturated carbocycles. The molecular weight excluding hydrogens is 729 g/mol. The third-order valence-corrected chi connectivity index (χ3v) is 12.8. The Morgan fingerprint density at radius 2 is 1.07 bits per heavy atom. The molecule has 11 aromatic rings. The highest BCUT2D eigenvalue weighted by molar-refractivity contribution is 6.17. The summed E-state index contributed by atoms with van der Waals surface area (Å²) in [5.74, 6) is 0. The minimum atomic E-state index is -0.138. The van der Waals surface area contributed by atoms with Crippen LogP contribution >= 0.6 is 0 Å². The molecule has 284 valence electrons. The zero-order valence-corrected chi connectivity index (χ0v) is 33.4. The normalized spacial score (nSPS) is 13.0. The summed E-state index contributed by atoms with van der Waals surface area (Å²) in [6.07, 6.45) is 0. The van der Waals surface area contributed by atoms with Crippen LogP contribution in [0, 0.1) is 0 Å². The minimum Gasteiger partial charge on any atom is -0.456 e. The first-order valence-electron chi connectivity index (χ1n) is 20.8. The Bertz CT molecular complexity index is 3450. The quantitative estimate of drug-likeness (QED) is 0.168. The second kappa shape index (κ2) is 13.2. The third-order valence-electron chi connectivity index (χ3n) is 12.8. The van der Waals surface area contributed by atoms with E-state index in [9.17, 15) is 0 Å². The molecule has 0 atom stereocenters. The number of hydrogen-bond acceptors (Lipinski definition) is 2. The molecule has 2 heterocycles. The summed E-state index contributed by atoms with van der Waals surface area (Å²) in [7, 11) is 0. The summed E-state index contributed by atoms with van der Waals surface area (Å²) in [4.78, 5) is 2.47. The Morgan fingerprint density at radius 3 is 1.88 bits per heavy atom. The first kappa shape index (κ1) is 34.4. The van der Waals surface area contributed by atoms with E-state index in [4.69, 9.17) is 4.42 Å². The number of furan rings is 1. The third kappa shape index (κ3) is 5.09. The number of fused-ring (bicyclic) bond motifs is 9. The summed E-state index contributed by atoms with van der Waals surface area (Å²) < 4.78 is 9.08. The zero-order chi connectivity index (χ0) is 40.0. The average molecular weight is 769 g/mol. The van der Waals surface area contributed by atoms with Crippen molar-refractivity contribution in [3.63, 3.8) is 0 Å². The van der Waals surface area contributed by atoms with Gasteiger partial charge in [0, 0.05) is 44.1 Å². The van der Waals surface area contributed by atoms with Gasteiger partial charge in [-0.15, -0.1) is 0 Å². The van der Waals surface area contributed by atoms with Gasteiger partial charge in [0.05, 0.1) is 27.8 Å². The van der Waals surface area contributed by atoms with Gasteiger partial charge in [0.25, 0.3) is 0 Å². The molecular formula is C57H40N2O. The van der Waals surface area contributed by atoms with Crippen molar-refractivity contribution in [1.29, 1.82) is 0 Å². The second-order valence-electron chi connectivity index (χ2n) is 16.5. The fourth-order valence-corrected chi connectivity index (χ4v) is 10.0. The molecule has 0 N–H and O–H groups in total.